The molecule has 0 aliphatic heterocycles. The van der Waals surface area contributed by atoms with Gasteiger partial charge in [0.25, 0.3) is 0 Å². The molecule has 0 amide bonds. The molecule has 0 radical (unpaired) electrons. The topological polar surface area (TPSA) is 0 Å². The van der Waals surface area contributed by atoms with Gasteiger partial charge >= 0.3 is 0 Å². The zero-order valence-electron chi connectivity index (χ0n) is 9.99. The van der Waals surface area contributed by atoms with Crippen LogP contribution in [0.1, 0.15) is 5.56 Å². The van der Waals surface area contributed by atoms with Gasteiger partial charge in [-0.25, -0.2) is 0 Å². The summed E-state index contributed by atoms with van der Waals surface area (Å²) in [5.74, 6) is 0. The van der Waals surface area contributed by atoms with E-state index in [0.29, 0.717) is 0 Å². The van der Waals surface area contributed by atoms with Gasteiger partial charge in [0.1, 0.15) is 7.56 Å². The summed E-state index contributed by atoms with van der Waals surface area (Å²) < 4.78 is 2.86. The molecular formula is C13H6Br8. The molecule has 1 aliphatic rings. The van der Waals surface area contributed by atoms with Crippen molar-refractivity contribution in [2.75, 3.05) is 0 Å². The van der Waals surface area contributed by atoms with E-state index in [0.717, 1.165) is 23.5 Å². The van der Waals surface area contributed by atoms with Gasteiger partial charge in [0.05, 0.1) is 4.83 Å². The fourth-order valence-electron chi connectivity index (χ4n) is 1.91. The second-order valence-corrected chi connectivity index (χ2v) is 13.1. The molecule has 1 aliphatic carbocycles. The predicted octanol–water partition coefficient (Wildman–Crippen LogP) is 8.54. The molecule has 0 aromatic heterocycles. The van der Waals surface area contributed by atoms with E-state index in [1.165, 1.54) is 0 Å². The highest BCUT2D eigenvalue weighted by molar-refractivity contribution is 9.26. The first-order valence-electron chi connectivity index (χ1n) is 5.53. The van der Waals surface area contributed by atoms with Crippen LogP contribution in [0.2, 0.25) is 0 Å². The lowest BCUT2D eigenvalue weighted by atomic mass is 9.92. The molecule has 0 bridgehead atoms. The van der Waals surface area contributed by atoms with Crippen molar-refractivity contribution in [3.05, 3.63) is 53.8 Å². The summed E-state index contributed by atoms with van der Waals surface area (Å²) in [5.41, 5.74) is 1.10. The van der Waals surface area contributed by atoms with Crippen molar-refractivity contribution in [1.29, 1.82) is 0 Å². The first-order chi connectivity index (χ1) is 9.65. The van der Waals surface area contributed by atoms with Crippen LogP contribution in [-0.4, -0.2) is 9.15 Å². The molecule has 2 atom stereocenters. The van der Waals surface area contributed by atoms with E-state index in [4.69, 9.17) is 0 Å². The number of hydrogen-bond donors (Lipinski definition) is 0. The third-order valence-corrected chi connectivity index (χ3v) is 15.8. The Morgan fingerprint density at radius 2 is 1.43 bits per heavy atom. The van der Waals surface area contributed by atoms with Gasteiger partial charge in [0.15, 0.2) is 0 Å². The average Bonchev–Trinajstić information content (AvgIpc) is 2.49. The quantitative estimate of drug-likeness (QED) is 0.263. The summed E-state index contributed by atoms with van der Waals surface area (Å²) in [7, 11) is 0. The molecule has 114 valence electrons. The molecule has 2 unspecified atom stereocenters. The van der Waals surface area contributed by atoms with E-state index in [2.05, 4.69) is 140 Å². The van der Waals surface area contributed by atoms with Gasteiger partial charge < -0.3 is 0 Å². The van der Waals surface area contributed by atoms with E-state index in [1.54, 1.807) is 0 Å². The lowest BCUT2D eigenvalue weighted by molar-refractivity contribution is 0.694. The molecule has 0 N–H and O–H groups in total. The zero-order valence-corrected chi connectivity index (χ0v) is 22.7. The number of allylic oxidation sites excluding steroid dienone is 4. The second kappa shape index (κ2) is 7.42. The Kier molecular flexibility index (Phi) is 7.02. The SMILES string of the molecule is BrC1=C(Br)C(Br)C(Br)(C(Br)(Br)c2ccccc2)C(Br)=C1Br. The van der Waals surface area contributed by atoms with Crippen LogP contribution in [-0.2, 0) is 3.23 Å². The Morgan fingerprint density at radius 3 is 1.95 bits per heavy atom. The Hall–Kier alpha value is 2.54. The first kappa shape index (κ1) is 19.9. The Morgan fingerprint density at radius 1 is 0.905 bits per heavy atom. The molecule has 1 aromatic carbocycles. The van der Waals surface area contributed by atoms with Crippen molar-refractivity contribution >= 4 is 127 Å². The van der Waals surface area contributed by atoms with E-state index in [9.17, 15) is 0 Å². The van der Waals surface area contributed by atoms with Crippen LogP contribution in [0.15, 0.2) is 48.3 Å². The monoisotopic (exact) mass is 793 g/mol. The minimum absolute atomic E-state index is 0.0194. The van der Waals surface area contributed by atoms with Gasteiger partial charge in [-0.3, -0.25) is 0 Å². The van der Waals surface area contributed by atoms with Crippen molar-refractivity contribution in [3.63, 3.8) is 0 Å². The van der Waals surface area contributed by atoms with E-state index in [1.807, 2.05) is 18.2 Å². The summed E-state index contributed by atoms with van der Waals surface area (Å²) in [4.78, 5) is -0.0194. The van der Waals surface area contributed by atoms with Crippen LogP contribution < -0.4 is 0 Å². The molecular weight excluding hydrogens is 795 g/mol. The predicted molar refractivity (Wildman–Crippen MR) is 120 cm³/mol. The van der Waals surface area contributed by atoms with Crippen LogP contribution in [0.5, 0.6) is 0 Å². The average molecular weight is 801 g/mol. The van der Waals surface area contributed by atoms with Crippen molar-refractivity contribution in [2.24, 2.45) is 0 Å². The molecule has 0 saturated heterocycles. The van der Waals surface area contributed by atoms with E-state index >= 15 is 0 Å². The van der Waals surface area contributed by atoms with Gasteiger partial charge in [-0.2, -0.15) is 0 Å². The maximum Gasteiger partial charge on any atom is 0.127 e. The second-order valence-electron chi connectivity index (χ2n) is 4.30. The third-order valence-electron chi connectivity index (χ3n) is 3.08. The highest BCUT2D eigenvalue weighted by Crippen LogP contribution is 2.65. The molecule has 1 aromatic rings. The Labute approximate surface area is 191 Å². The summed E-state index contributed by atoms with van der Waals surface area (Å²) in [6, 6.07) is 10.2. The minimum atomic E-state index is -0.535. The zero-order chi connectivity index (χ0) is 16.0. The summed E-state index contributed by atoms with van der Waals surface area (Å²) in [6.45, 7) is 0. The molecule has 0 spiro atoms. The molecule has 21 heavy (non-hydrogen) atoms. The smallest absolute Gasteiger partial charge is 0.0812 e. The van der Waals surface area contributed by atoms with Crippen molar-refractivity contribution in [1.82, 2.24) is 0 Å². The maximum absolute atomic E-state index is 3.93. The van der Waals surface area contributed by atoms with Gasteiger partial charge in [-0.1, -0.05) is 126 Å². The van der Waals surface area contributed by atoms with Crippen molar-refractivity contribution in [2.45, 2.75) is 12.4 Å². The summed E-state index contributed by atoms with van der Waals surface area (Å²) in [6.07, 6.45) is 0. The lowest BCUT2D eigenvalue weighted by Gasteiger charge is -2.45. The van der Waals surface area contributed by atoms with Crippen LogP contribution in [0.25, 0.3) is 0 Å². The maximum atomic E-state index is 3.93. The van der Waals surface area contributed by atoms with Crippen molar-refractivity contribution in [3.8, 4) is 0 Å². The fourth-order valence-corrected chi connectivity index (χ4v) is 9.84. The van der Waals surface area contributed by atoms with E-state index < -0.39 is 7.56 Å². The molecule has 2 rings (SSSR count). The molecule has 0 nitrogen and oxygen atoms in total. The molecule has 8 heteroatoms. The lowest BCUT2D eigenvalue weighted by Crippen LogP contribution is -2.48. The van der Waals surface area contributed by atoms with E-state index in [-0.39, 0.29) is 4.83 Å². The summed E-state index contributed by atoms with van der Waals surface area (Å²) in [5, 5.41) is 0. The van der Waals surface area contributed by atoms with Crippen LogP contribution in [0.3, 0.4) is 0 Å². The Bertz CT molecular complexity index is 618. The fraction of sp³-hybridized carbons (Fsp3) is 0.231. The van der Waals surface area contributed by atoms with Gasteiger partial charge in [-0.05, 0) is 37.4 Å². The van der Waals surface area contributed by atoms with Crippen molar-refractivity contribution < 1.29 is 0 Å². The standard InChI is InChI=1S/C13H6Br8/c14-7-8(15)10(17)12(19,11(18)9(7)16)13(20,21)6-4-2-1-3-5-6/h1-5,10H. The third kappa shape index (κ3) is 3.32. The summed E-state index contributed by atoms with van der Waals surface area (Å²) >= 11 is 30.1. The van der Waals surface area contributed by atoms with Gasteiger partial charge in [-0.15, -0.1) is 0 Å². The molecule has 0 heterocycles. The number of alkyl halides is 4. The van der Waals surface area contributed by atoms with Crippen LogP contribution in [0.4, 0.5) is 0 Å². The van der Waals surface area contributed by atoms with Gasteiger partial charge in [0.2, 0.25) is 0 Å². The number of benzene rings is 1. The van der Waals surface area contributed by atoms with Crippen LogP contribution in [0, 0.1) is 0 Å². The Balaban J connectivity index is 2.67. The molecule has 0 saturated carbocycles. The first-order valence-corrected chi connectivity index (χ1v) is 12.0. The largest absolute Gasteiger partial charge is 0.127 e. The van der Waals surface area contributed by atoms with Crippen LogP contribution >= 0.6 is 127 Å². The van der Waals surface area contributed by atoms with Gasteiger partial charge in [0, 0.05) is 17.9 Å². The molecule has 0 fully saturated rings. The highest BCUT2D eigenvalue weighted by Gasteiger charge is 2.57. The number of rotatable bonds is 2. The minimum Gasteiger partial charge on any atom is -0.0812 e. The highest BCUT2D eigenvalue weighted by atomic mass is 79.9. The normalized spacial score (nSPS) is 27.3. The number of hydrogen-bond acceptors (Lipinski definition) is 0. The number of halogens is 8.